The van der Waals surface area contributed by atoms with Crippen LogP contribution in [0.5, 0.6) is 0 Å². The van der Waals surface area contributed by atoms with Crippen molar-refractivity contribution in [2.24, 2.45) is 11.8 Å². The number of hydrogen-bond donors (Lipinski definition) is 1. The van der Waals surface area contributed by atoms with E-state index in [0.29, 0.717) is 12.3 Å². The van der Waals surface area contributed by atoms with Crippen molar-refractivity contribution in [1.82, 2.24) is 0 Å². The first-order valence-corrected chi connectivity index (χ1v) is 6.98. The zero-order valence-electron chi connectivity index (χ0n) is 12.1. The van der Waals surface area contributed by atoms with Gasteiger partial charge in [0.05, 0.1) is 18.3 Å². The van der Waals surface area contributed by atoms with Crippen molar-refractivity contribution in [2.45, 2.75) is 52.4 Å². The number of aryl methyl sites for hydroxylation is 1. The Hall–Kier alpha value is -0.930. The van der Waals surface area contributed by atoms with Gasteiger partial charge in [0.1, 0.15) is 5.82 Å². The van der Waals surface area contributed by atoms with Crippen molar-refractivity contribution in [3.63, 3.8) is 0 Å². The summed E-state index contributed by atoms with van der Waals surface area (Å²) in [6.07, 6.45) is 0.366. The average molecular weight is 266 g/mol. The molecule has 1 aliphatic rings. The Kier molecular flexibility index (Phi) is 4.26. The number of aliphatic hydroxyl groups is 1. The highest BCUT2D eigenvalue weighted by atomic mass is 19.1. The Bertz CT molecular complexity index is 446. The minimum absolute atomic E-state index is 0.0701. The molecule has 5 atom stereocenters. The zero-order chi connectivity index (χ0) is 14.2. The first kappa shape index (κ1) is 14.5. The van der Waals surface area contributed by atoms with Crippen LogP contribution in [0.4, 0.5) is 4.39 Å². The van der Waals surface area contributed by atoms with E-state index in [1.165, 1.54) is 12.1 Å². The molecule has 3 heteroatoms. The van der Waals surface area contributed by atoms with Crippen molar-refractivity contribution < 1.29 is 14.2 Å². The fourth-order valence-corrected chi connectivity index (χ4v) is 3.21. The van der Waals surface area contributed by atoms with Gasteiger partial charge in [-0.3, -0.25) is 0 Å². The van der Waals surface area contributed by atoms with Crippen molar-refractivity contribution in [2.75, 3.05) is 0 Å². The van der Waals surface area contributed by atoms with Gasteiger partial charge in [0.15, 0.2) is 0 Å². The molecule has 0 aromatic heterocycles. The van der Waals surface area contributed by atoms with Crippen LogP contribution in [0.25, 0.3) is 0 Å². The van der Waals surface area contributed by atoms with Crippen molar-refractivity contribution in [1.29, 1.82) is 0 Å². The summed E-state index contributed by atoms with van der Waals surface area (Å²) in [5.41, 5.74) is 1.90. The van der Waals surface area contributed by atoms with Gasteiger partial charge in [-0.1, -0.05) is 13.0 Å². The highest BCUT2D eigenvalue weighted by Crippen LogP contribution is 2.35. The summed E-state index contributed by atoms with van der Waals surface area (Å²) in [6, 6.07) is 4.74. The van der Waals surface area contributed by atoms with E-state index >= 15 is 0 Å². The topological polar surface area (TPSA) is 29.5 Å². The van der Waals surface area contributed by atoms with Gasteiger partial charge < -0.3 is 9.84 Å². The van der Waals surface area contributed by atoms with Gasteiger partial charge in [0.2, 0.25) is 0 Å². The molecule has 0 aliphatic carbocycles. The Morgan fingerprint density at radius 1 is 1.26 bits per heavy atom. The number of hydrogen-bond acceptors (Lipinski definition) is 2. The van der Waals surface area contributed by atoms with Gasteiger partial charge in [-0.2, -0.15) is 0 Å². The molecule has 1 aliphatic heterocycles. The van der Waals surface area contributed by atoms with E-state index < -0.39 is 6.10 Å². The molecular weight excluding hydrogens is 243 g/mol. The number of halogens is 1. The summed E-state index contributed by atoms with van der Waals surface area (Å²) < 4.78 is 18.9. The monoisotopic (exact) mass is 266 g/mol. The Labute approximate surface area is 114 Å². The molecule has 5 unspecified atom stereocenters. The second kappa shape index (κ2) is 5.59. The fraction of sp³-hybridized carbons (Fsp3) is 0.625. The van der Waals surface area contributed by atoms with Crippen molar-refractivity contribution >= 4 is 0 Å². The molecule has 1 heterocycles. The van der Waals surface area contributed by atoms with Crippen LogP contribution in [0.15, 0.2) is 18.2 Å². The molecule has 0 saturated carbocycles. The molecule has 19 heavy (non-hydrogen) atoms. The molecule has 2 rings (SSSR count). The van der Waals surface area contributed by atoms with E-state index in [4.69, 9.17) is 4.74 Å². The Balaban J connectivity index is 2.10. The first-order chi connectivity index (χ1) is 8.90. The second-order valence-corrected chi connectivity index (χ2v) is 5.83. The largest absolute Gasteiger partial charge is 0.392 e. The van der Waals surface area contributed by atoms with Gasteiger partial charge >= 0.3 is 0 Å². The molecule has 2 nitrogen and oxygen atoms in total. The van der Waals surface area contributed by atoms with Gasteiger partial charge in [0.25, 0.3) is 0 Å². The zero-order valence-corrected chi connectivity index (χ0v) is 12.1. The summed E-state index contributed by atoms with van der Waals surface area (Å²) in [6.45, 7) is 8.08. The number of rotatable bonds is 3. The van der Waals surface area contributed by atoms with E-state index in [2.05, 4.69) is 13.8 Å². The maximum absolute atomic E-state index is 13.1. The maximum atomic E-state index is 13.1. The molecule has 0 radical (unpaired) electrons. The Morgan fingerprint density at radius 3 is 2.47 bits per heavy atom. The molecule has 1 aromatic carbocycles. The highest BCUT2D eigenvalue weighted by molar-refractivity contribution is 5.27. The predicted octanol–water partition coefficient (Wildman–Crippen LogP) is 3.10. The SMILES string of the molecule is Cc1cc(F)ccc1CC(O)C1C(C)OC(C)C1C. The third kappa shape index (κ3) is 2.98. The van der Waals surface area contributed by atoms with E-state index in [9.17, 15) is 9.50 Å². The minimum atomic E-state index is -0.445. The lowest BCUT2D eigenvalue weighted by Crippen LogP contribution is -2.32. The lowest BCUT2D eigenvalue weighted by atomic mass is 9.82. The number of aliphatic hydroxyl groups excluding tert-OH is 1. The molecular formula is C16H23FO2. The molecule has 1 saturated heterocycles. The molecule has 0 spiro atoms. The molecule has 106 valence electrons. The molecule has 1 fully saturated rings. The van der Waals surface area contributed by atoms with Crippen LogP contribution in [-0.4, -0.2) is 23.4 Å². The van der Waals surface area contributed by atoms with E-state index in [0.717, 1.165) is 11.1 Å². The third-order valence-electron chi connectivity index (χ3n) is 4.50. The van der Waals surface area contributed by atoms with Crippen LogP contribution >= 0.6 is 0 Å². The highest BCUT2D eigenvalue weighted by Gasteiger charge is 2.41. The lowest BCUT2D eigenvalue weighted by molar-refractivity contribution is 0.0239. The number of ether oxygens (including phenoxy) is 1. The van der Waals surface area contributed by atoms with Crippen LogP contribution in [0.1, 0.15) is 31.9 Å². The summed E-state index contributed by atoms with van der Waals surface area (Å²) in [5.74, 6) is 0.250. The van der Waals surface area contributed by atoms with E-state index in [1.807, 2.05) is 13.8 Å². The van der Waals surface area contributed by atoms with Crippen LogP contribution in [0, 0.1) is 24.6 Å². The standard InChI is InChI=1S/C16H23FO2/c1-9-7-14(17)6-5-13(9)8-15(18)16-10(2)11(3)19-12(16)4/h5-7,10-12,15-16,18H,8H2,1-4H3. The van der Waals surface area contributed by atoms with Crippen LogP contribution in [0.3, 0.4) is 0 Å². The van der Waals surface area contributed by atoms with Crippen LogP contribution in [0.2, 0.25) is 0 Å². The van der Waals surface area contributed by atoms with Crippen LogP contribution < -0.4 is 0 Å². The Morgan fingerprint density at radius 2 is 1.95 bits per heavy atom. The lowest BCUT2D eigenvalue weighted by Gasteiger charge is -2.25. The maximum Gasteiger partial charge on any atom is 0.123 e. The second-order valence-electron chi connectivity index (χ2n) is 5.83. The van der Waals surface area contributed by atoms with Crippen molar-refractivity contribution in [3.05, 3.63) is 35.1 Å². The first-order valence-electron chi connectivity index (χ1n) is 6.98. The smallest absolute Gasteiger partial charge is 0.123 e. The molecule has 0 bridgehead atoms. The van der Waals surface area contributed by atoms with Crippen LogP contribution in [-0.2, 0) is 11.2 Å². The summed E-state index contributed by atoms with van der Waals surface area (Å²) in [5, 5.41) is 10.5. The van der Waals surface area contributed by atoms with Gasteiger partial charge in [0, 0.05) is 5.92 Å². The quantitative estimate of drug-likeness (QED) is 0.911. The van der Waals surface area contributed by atoms with Gasteiger partial charge in [-0.15, -0.1) is 0 Å². The molecule has 1 N–H and O–H groups in total. The molecule has 0 amide bonds. The van der Waals surface area contributed by atoms with E-state index in [-0.39, 0.29) is 23.9 Å². The van der Waals surface area contributed by atoms with E-state index in [1.54, 1.807) is 6.07 Å². The average Bonchev–Trinajstić information content (AvgIpc) is 2.57. The molecule has 1 aromatic rings. The van der Waals surface area contributed by atoms with Gasteiger partial charge in [-0.25, -0.2) is 4.39 Å². The number of benzene rings is 1. The fourth-order valence-electron chi connectivity index (χ4n) is 3.21. The summed E-state index contributed by atoms with van der Waals surface area (Å²) in [4.78, 5) is 0. The van der Waals surface area contributed by atoms with Crippen molar-refractivity contribution in [3.8, 4) is 0 Å². The summed E-state index contributed by atoms with van der Waals surface area (Å²) in [7, 11) is 0. The predicted molar refractivity (Wildman–Crippen MR) is 73.5 cm³/mol. The van der Waals surface area contributed by atoms with Gasteiger partial charge in [-0.05, 0) is 56.4 Å². The minimum Gasteiger partial charge on any atom is -0.392 e. The third-order valence-corrected chi connectivity index (χ3v) is 4.50. The normalized spacial score (nSPS) is 32.5. The summed E-state index contributed by atoms with van der Waals surface area (Å²) >= 11 is 0.